The molecule has 1 N–H and O–H groups in total. The zero-order valence-electron chi connectivity index (χ0n) is 14.3. The molecule has 0 fully saturated rings. The maximum absolute atomic E-state index is 13.3. The molecule has 3 aromatic rings. The van der Waals surface area contributed by atoms with E-state index in [9.17, 15) is 18.0 Å². The van der Waals surface area contributed by atoms with E-state index in [0.29, 0.717) is 5.56 Å². The molecule has 2 aromatic heterocycles. The molecule has 0 bridgehead atoms. The van der Waals surface area contributed by atoms with Crippen molar-refractivity contribution in [3.05, 3.63) is 53.5 Å². The number of aromatic nitrogens is 4. The fourth-order valence-corrected chi connectivity index (χ4v) is 2.64. The van der Waals surface area contributed by atoms with Gasteiger partial charge in [0.1, 0.15) is 0 Å². The Kier molecular flexibility index (Phi) is 4.31. The van der Waals surface area contributed by atoms with Crippen LogP contribution in [0.3, 0.4) is 0 Å². The predicted molar refractivity (Wildman–Crippen MR) is 89.5 cm³/mol. The van der Waals surface area contributed by atoms with E-state index >= 15 is 0 Å². The smallest absolute Gasteiger partial charge is 0.305 e. The topological polar surface area (TPSA) is 64.7 Å². The molecule has 0 spiro atoms. The van der Waals surface area contributed by atoms with E-state index in [0.717, 1.165) is 10.2 Å². The Morgan fingerprint density at radius 2 is 1.73 bits per heavy atom. The number of hydrogen-bond acceptors (Lipinski definition) is 3. The average Bonchev–Trinajstić information content (AvgIpc) is 3.09. The van der Waals surface area contributed by atoms with Crippen molar-refractivity contribution in [1.29, 1.82) is 0 Å². The summed E-state index contributed by atoms with van der Waals surface area (Å²) in [5, 5.41) is 10.2. The van der Waals surface area contributed by atoms with E-state index in [-0.39, 0.29) is 16.9 Å². The monoisotopic (exact) mass is 363 g/mol. The first kappa shape index (κ1) is 17.7. The maximum Gasteiger partial charge on any atom is 0.435 e. The van der Waals surface area contributed by atoms with Gasteiger partial charge in [0.05, 0.1) is 0 Å². The lowest BCUT2D eigenvalue weighted by Gasteiger charge is -2.07. The van der Waals surface area contributed by atoms with Crippen LogP contribution in [0.5, 0.6) is 0 Å². The van der Waals surface area contributed by atoms with Gasteiger partial charge in [-0.05, 0) is 19.1 Å². The number of hydrogen-bond donors (Lipinski definition) is 1. The van der Waals surface area contributed by atoms with Crippen molar-refractivity contribution in [3.63, 3.8) is 0 Å². The number of rotatable bonds is 3. The quantitative estimate of drug-likeness (QED) is 0.776. The molecular weight excluding hydrogens is 347 g/mol. The van der Waals surface area contributed by atoms with Crippen molar-refractivity contribution in [2.45, 2.75) is 13.1 Å². The molecule has 0 atom stereocenters. The Labute approximate surface area is 147 Å². The third-order valence-corrected chi connectivity index (χ3v) is 3.73. The summed E-state index contributed by atoms with van der Waals surface area (Å²) in [4.78, 5) is 12.4. The SMILES string of the molecule is Cc1cccc(C(=O)Nc2nn(C)cc2-c2cn(C)nc2C(F)(F)F)c1. The van der Waals surface area contributed by atoms with Gasteiger partial charge in [0.15, 0.2) is 11.5 Å². The van der Waals surface area contributed by atoms with E-state index in [2.05, 4.69) is 15.5 Å². The average molecular weight is 363 g/mol. The molecule has 0 aliphatic heterocycles. The highest BCUT2D eigenvalue weighted by Gasteiger charge is 2.38. The summed E-state index contributed by atoms with van der Waals surface area (Å²) in [5.74, 6) is -0.413. The van der Waals surface area contributed by atoms with Gasteiger partial charge >= 0.3 is 6.18 Å². The van der Waals surface area contributed by atoms with Gasteiger partial charge in [0, 0.05) is 43.2 Å². The Balaban J connectivity index is 2.01. The zero-order chi connectivity index (χ0) is 19.1. The molecule has 0 aliphatic carbocycles. The summed E-state index contributed by atoms with van der Waals surface area (Å²) < 4.78 is 42.2. The number of anilines is 1. The lowest BCUT2D eigenvalue weighted by atomic mass is 10.1. The number of amides is 1. The number of halogens is 3. The Bertz CT molecular complexity index is 971. The number of nitrogens with one attached hydrogen (secondary N) is 1. The molecule has 0 aliphatic rings. The van der Waals surface area contributed by atoms with Crippen LogP contribution in [0, 0.1) is 6.92 Å². The van der Waals surface area contributed by atoms with Crippen LogP contribution in [-0.4, -0.2) is 25.5 Å². The first-order chi connectivity index (χ1) is 12.1. The first-order valence-corrected chi connectivity index (χ1v) is 7.68. The predicted octanol–water partition coefficient (Wildman–Crippen LogP) is 3.40. The fraction of sp³-hybridized carbons (Fsp3) is 0.235. The second kappa shape index (κ2) is 6.32. The van der Waals surface area contributed by atoms with Crippen LogP contribution in [0.1, 0.15) is 21.6 Å². The molecule has 1 amide bonds. The number of carbonyl (C=O) groups is 1. The molecular formula is C17H16F3N5O. The second-order valence-corrected chi connectivity index (χ2v) is 5.95. The number of nitrogens with zero attached hydrogens (tertiary/aromatic N) is 4. The van der Waals surface area contributed by atoms with Crippen LogP contribution in [0.2, 0.25) is 0 Å². The van der Waals surface area contributed by atoms with Gasteiger partial charge in [0.2, 0.25) is 0 Å². The van der Waals surface area contributed by atoms with Crippen LogP contribution < -0.4 is 5.32 Å². The van der Waals surface area contributed by atoms with Crippen molar-refractivity contribution in [3.8, 4) is 11.1 Å². The standard InChI is InChI=1S/C17H16F3N5O/c1-10-5-4-6-11(7-10)16(26)21-15-13(9-25(3)23-15)12-8-24(2)22-14(12)17(18,19)20/h4-9H,1-3H3,(H,21,23,26). The minimum atomic E-state index is -4.62. The number of aryl methyl sites for hydroxylation is 3. The molecule has 136 valence electrons. The molecule has 1 aromatic carbocycles. The minimum Gasteiger partial charge on any atom is -0.305 e. The highest BCUT2D eigenvalue weighted by Crippen LogP contribution is 2.38. The van der Waals surface area contributed by atoms with Crippen molar-refractivity contribution in [2.24, 2.45) is 14.1 Å². The molecule has 26 heavy (non-hydrogen) atoms. The van der Waals surface area contributed by atoms with Gasteiger partial charge in [-0.25, -0.2) is 0 Å². The third kappa shape index (κ3) is 3.46. The summed E-state index contributed by atoms with van der Waals surface area (Å²) in [5.41, 5.74) is 0.259. The van der Waals surface area contributed by atoms with Crippen molar-refractivity contribution >= 4 is 11.7 Å². The molecule has 9 heteroatoms. The lowest BCUT2D eigenvalue weighted by molar-refractivity contribution is -0.140. The van der Waals surface area contributed by atoms with Gasteiger partial charge in [0.25, 0.3) is 5.91 Å². The Morgan fingerprint density at radius 3 is 2.38 bits per heavy atom. The van der Waals surface area contributed by atoms with Gasteiger partial charge in [-0.3, -0.25) is 14.2 Å². The first-order valence-electron chi connectivity index (χ1n) is 7.68. The van der Waals surface area contributed by atoms with E-state index in [1.807, 2.05) is 13.0 Å². The summed E-state index contributed by atoms with van der Waals surface area (Å²) in [6.07, 6.45) is -1.95. The van der Waals surface area contributed by atoms with Crippen LogP contribution in [0.15, 0.2) is 36.7 Å². The third-order valence-electron chi connectivity index (χ3n) is 3.73. The maximum atomic E-state index is 13.3. The van der Waals surface area contributed by atoms with Gasteiger partial charge in [-0.2, -0.15) is 23.4 Å². The van der Waals surface area contributed by atoms with E-state index in [1.165, 1.54) is 24.1 Å². The summed E-state index contributed by atoms with van der Waals surface area (Å²) in [6, 6.07) is 6.88. The summed E-state index contributed by atoms with van der Waals surface area (Å²) in [7, 11) is 2.97. The molecule has 0 saturated carbocycles. The zero-order valence-corrected chi connectivity index (χ0v) is 14.3. The van der Waals surface area contributed by atoms with Crippen LogP contribution in [0.25, 0.3) is 11.1 Å². The molecule has 0 saturated heterocycles. The van der Waals surface area contributed by atoms with E-state index < -0.39 is 17.8 Å². The summed E-state index contributed by atoms with van der Waals surface area (Å²) in [6.45, 7) is 1.84. The summed E-state index contributed by atoms with van der Waals surface area (Å²) >= 11 is 0. The van der Waals surface area contributed by atoms with Gasteiger partial charge in [-0.1, -0.05) is 17.7 Å². The lowest BCUT2D eigenvalue weighted by Crippen LogP contribution is -2.13. The van der Waals surface area contributed by atoms with E-state index in [4.69, 9.17) is 0 Å². The highest BCUT2D eigenvalue weighted by atomic mass is 19.4. The fourth-order valence-electron chi connectivity index (χ4n) is 2.64. The van der Waals surface area contributed by atoms with Crippen LogP contribution in [0.4, 0.5) is 19.0 Å². The highest BCUT2D eigenvalue weighted by molar-refractivity contribution is 6.05. The normalized spacial score (nSPS) is 11.6. The van der Waals surface area contributed by atoms with E-state index in [1.54, 1.807) is 25.2 Å². The molecule has 0 radical (unpaired) electrons. The molecule has 0 unspecified atom stereocenters. The Morgan fingerprint density at radius 1 is 1.08 bits per heavy atom. The Hall–Kier alpha value is -3.10. The number of benzene rings is 1. The van der Waals surface area contributed by atoms with Crippen molar-refractivity contribution in [2.75, 3.05) is 5.32 Å². The molecule has 3 rings (SSSR count). The van der Waals surface area contributed by atoms with Crippen LogP contribution >= 0.6 is 0 Å². The van der Waals surface area contributed by atoms with Crippen molar-refractivity contribution in [1.82, 2.24) is 19.6 Å². The van der Waals surface area contributed by atoms with Gasteiger partial charge in [-0.15, -0.1) is 0 Å². The number of carbonyl (C=O) groups excluding carboxylic acids is 1. The van der Waals surface area contributed by atoms with Gasteiger partial charge < -0.3 is 5.32 Å². The second-order valence-electron chi connectivity index (χ2n) is 5.95. The number of alkyl halides is 3. The molecule has 2 heterocycles. The van der Waals surface area contributed by atoms with Crippen molar-refractivity contribution < 1.29 is 18.0 Å². The molecule has 6 nitrogen and oxygen atoms in total. The minimum absolute atomic E-state index is 0.0394. The van der Waals surface area contributed by atoms with Crippen LogP contribution in [-0.2, 0) is 20.3 Å². The largest absolute Gasteiger partial charge is 0.435 e.